The summed E-state index contributed by atoms with van der Waals surface area (Å²) in [7, 11) is 3.04. The fourth-order valence-corrected chi connectivity index (χ4v) is 3.15. The molecular weight excluding hydrogens is 368 g/mol. The first-order chi connectivity index (χ1) is 13.0. The molecule has 2 aromatic carbocycles. The lowest BCUT2D eigenvalue weighted by molar-refractivity contribution is -0.121. The minimum absolute atomic E-state index is 0.124. The fraction of sp³-hybridized carbons (Fsp3) is 0.300. The second-order valence-corrected chi connectivity index (χ2v) is 6.66. The van der Waals surface area contributed by atoms with Crippen LogP contribution in [0.2, 0.25) is 5.02 Å². The zero-order valence-corrected chi connectivity index (χ0v) is 16.0. The zero-order valence-electron chi connectivity index (χ0n) is 15.2. The molecule has 0 unspecified atom stereocenters. The van der Waals surface area contributed by atoms with Gasteiger partial charge in [0.2, 0.25) is 5.91 Å². The van der Waals surface area contributed by atoms with Gasteiger partial charge in [0.15, 0.2) is 0 Å². The van der Waals surface area contributed by atoms with Crippen LogP contribution in [0.1, 0.15) is 12.0 Å². The smallest absolute Gasteiger partial charge is 0.251 e. The molecule has 0 aliphatic carbocycles. The van der Waals surface area contributed by atoms with E-state index in [9.17, 15) is 9.59 Å². The first kappa shape index (κ1) is 19.2. The fourth-order valence-electron chi connectivity index (χ4n) is 3.03. The van der Waals surface area contributed by atoms with Crippen molar-refractivity contribution in [3.8, 4) is 11.5 Å². The predicted octanol–water partition coefficient (Wildman–Crippen LogP) is 2.82. The minimum atomic E-state index is -0.540. The molecule has 0 radical (unpaired) electrons. The van der Waals surface area contributed by atoms with Crippen molar-refractivity contribution in [2.24, 2.45) is 0 Å². The summed E-state index contributed by atoms with van der Waals surface area (Å²) < 4.78 is 10.4. The first-order valence-corrected chi connectivity index (χ1v) is 8.97. The van der Waals surface area contributed by atoms with Gasteiger partial charge in [0.1, 0.15) is 11.5 Å². The maximum absolute atomic E-state index is 12.7. The SMILES string of the molecule is COc1cc(OC)cc(N2C(=O)C[C@H](NCCc3ccc(Cl)cc3)C2=O)c1. The van der Waals surface area contributed by atoms with Gasteiger partial charge in [-0.3, -0.25) is 9.59 Å². The van der Waals surface area contributed by atoms with E-state index in [1.807, 2.05) is 24.3 Å². The van der Waals surface area contributed by atoms with Gasteiger partial charge in [0, 0.05) is 23.2 Å². The molecule has 1 aliphatic heterocycles. The van der Waals surface area contributed by atoms with Gasteiger partial charge in [-0.2, -0.15) is 0 Å². The second-order valence-electron chi connectivity index (χ2n) is 6.23. The number of methoxy groups -OCH3 is 2. The summed E-state index contributed by atoms with van der Waals surface area (Å²) in [5.74, 6) is 0.513. The number of ether oxygens (including phenoxy) is 2. The van der Waals surface area contributed by atoms with Crippen molar-refractivity contribution in [2.75, 3.05) is 25.7 Å². The van der Waals surface area contributed by atoms with E-state index in [2.05, 4.69) is 5.32 Å². The highest BCUT2D eigenvalue weighted by Crippen LogP contribution is 2.31. The molecule has 1 aliphatic rings. The van der Waals surface area contributed by atoms with Gasteiger partial charge in [-0.15, -0.1) is 0 Å². The first-order valence-electron chi connectivity index (χ1n) is 8.59. The lowest BCUT2D eigenvalue weighted by atomic mass is 10.1. The second kappa shape index (κ2) is 8.41. The van der Waals surface area contributed by atoms with E-state index in [-0.39, 0.29) is 18.2 Å². The van der Waals surface area contributed by atoms with Crippen LogP contribution in [-0.4, -0.2) is 38.6 Å². The summed E-state index contributed by atoms with van der Waals surface area (Å²) in [6.07, 6.45) is 0.862. The Balaban J connectivity index is 1.67. The number of nitrogens with zero attached hydrogens (tertiary/aromatic N) is 1. The number of halogens is 1. The summed E-state index contributed by atoms with van der Waals surface area (Å²) in [6, 6.07) is 12.0. The quantitative estimate of drug-likeness (QED) is 0.739. The molecule has 1 fully saturated rings. The Kier molecular flexibility index (Phi) is 5.98. The predicted molar refractivity (Wildman–Crippen MR) is 104 cm³/mol. The lowest BCUT2D eigenvalue weighted by Gasteiger charge is -2.17. The Bertz CT molecular complexity index is 816. The summed E-state index contributed by atoms with van der Waals surface area (Å²) >= 11 is 5.88. The molecule has 0 aromatic heterocycles. The van der Waals surface area contributed by atoms with E-state index in [0.717, 1.165) is 12.0 Å². The number of rotatable bonds is 7. The van der Waals surface area contributed by atoms with Crippen LogP contribution in [0.3, 0.4) is 0 Å². The number of carbonyl (C=O) groups excluding carboxylic acids is 2. The summed E-state index contributed by atoms with van der Waals surface area (Å²) in [5, 5.41) is 3.86. The molecule has 2 amide bonds. The summed E-state index contributed by atoms with van der Waals surface area (Å²) in [5.41, 5.74) is 1.56. The highest BCUT2D eigenvalue weighted by molar-refractivity contribution is 6.30. The molecule has 6 nitrogen and oxygen atoms in total. The highest BCUT2D eigenvalue weighted by atomic mass is 35.5. The average Bonchev–Trinajstić information content (AvgIpc) is 2.96. The molecule has 2 aromatic rings. The number of hydrogen-bond acceptors (Lipinski definition) is 5. The van der Waals surface area contributed by atoms with E-state index < -0.39 is 6.04 Å². The molecule has 142 valence electrons. The van der Waals surface area contributed by atoms with E-state index in [0.29, 0.717) is 28.8 Å². The lowest BCUT2D eigenvalue weighted by Crippen LogP contribution is -2.39. The molecule has 0 saturated carbocycles. The van der Waals surface area contributed by atoms with Gasteiger partial charge in [-0.25, -0.2) is 4.90 Å². The third kappa shape index (κ3) is 4.40. The Hall–Kier alpha value is -2.57. The Labute approximate surface area is 163 Å². The van der Waals surface area contributed by atoms with E-state index in [1.54, 1.807) is 18.2 Å². The standard InChI is InChI=1S/C20H21ClN2O4/c1-26-16-9-15(10-17(11-16)27-2)23-19(24)12-18(20(23)25)22-8-7-13-3-5-14(21)6-4-13/h3-6,9-11,18,22H,7-8,12H2,1-2H3/t18-/m0/s1. The Morgan fingerprint density at radius 3 is 2.30 bits per heavy atom. The molecule has 1 heterocycles. The van der Waals surface area contributed by atoms with Gasteiger partial charge >= 0.3 is 0 Å². The van der Waals surface area contributed by atoms with Crippen LogP contribution in [0.25, 0.3) is 0 Å². The van der Waals surface area contributed by atoms with Crippen molar-refractivity contribution in [1.82, 2.24) is 5.32 Å². The van der Waals surface area contributed by atoms with Crippen LogP contribution in [0.5, 0.6) is 11.5 Å². The molecule has 7 heteroatoms. The maximum Gasteiger partial charge on any atom is 0.251 e. The number of benzene rings is 2. The molecule has 27 heavy (non-hydrogen) atoms. The molecule has 0 spiro atoms. The number of anilines is 1. The zero-order chi connectivity index (χ0) is 19.4. The molecule has 3 rings (SSSR count). The molecule has 0 bridgehead atoms. The van der Waals surface area contributed by atoms with Crippen LogP contribution in [0.15, 0.2) is 42.5 Å². The van der Waals surface area contributed by atoms with E-state index in [4.69, 9.17) is 21.1 Å². The number of imide groups is 1. The largest absolute Gasteiger partial charge is 0.497 e. The van der Waals surface area contributed by atoms with Gasteiger partial charge in [0.25, 0.3) is 5.91 Å². The highest BCUT2D eigenvalue weighted by Gasteiger charge is 2.39. The van der Waals surface area contributed by atoms with Crippen molar-refractivity contribution in [3.63, 3.8) is 0 Å². The molecule has 1 N–H and O–H groups in total. The van der Waals surface area contributed by atoms with E-state index in [1.165, 1.54) is 19.1 Å². The Morgan fingerprint density at radius 2 is 1.70 bits per heavy atom. The Morgan fingerprint density at radius 1 is 1.07 bits per heavy atom. The summed E-state index contributed by atoms with van der Waals surface area (Å²) in [4.78, 5) is 26.4. The van der Waals surface area contributed by atoms with Crippen molar-refractivity contribution in [3.05, 3.63) is 53.1 Å². The van der Waals surface area contributed by atoms with Gasteiger partial charge in [-0.1, -0.05) is 23.7 Å². The molecule has 1 saturated heterocycles. The average molecular weight is 389 g/mol. The van der Waals surface area contributed by atoms with Crippen molar-refractivity contribution < 1.29 is 19.1 Å². The van der Waals surface area contributed by atoms with Crippen molar-refractivity contribution in [1.29, 1.82) is 0 Å². The van der Waals surface area contributed by atoms with E-state index >= 15 is 0 Å². The molecule has 1 atom stereocenters. The van der Waals surface area contributed by atoms with Crippen LogP contribution >= 0.6 is 11.6 Å². The van der Waals surface area contributed by atoms with Crippen LogP contribution in [0.4, 0.5) is 5.69 Å². The number of hydrogen-bond donors (Lipinski definition) is 1. The maximum atomic E-state index is 12.7. The van der Waals surface area contributed by atoms with Crippen LogP contribution < -0.4 is 19.7 Å². The van der Waals surface area contributed by atoms with Crippen LogP contribution in [0, 0.1) is 0 Å². The third-order valence-electron chi connectivity index (χ3n) is 4.46. The minimum Gasteiger partial charge on any atom is -0.497 e. The van der Waals surface area contributed by atoms with Crippen molar-refractivity contribution >= 4 is 29.1 Å². The third-order valence-corrected chi connectivity index (χ3v) is 4.71. The number of amides is 2. The number of carbonyl (C=O) groups is 2. The van der Waals surface area contributed by atoms with Crippen molar-refractivity contribution in [2.45, 2.75) is 18.9 Å². The van der Waals surface area contributed by atoms with Gasteiger partial charge < -0.3 is 14.8 Å². The topological polar surface area (TPSA) is 67.9 Å². The van der Waals surface area contributed by atoms with Crippen LogP contribution in [-0.2, 0) is 16.0 Å². The normalized spacial score (nSPS) is 16.7. The van der Waals surface area contributed by atoms with Gasteiger partial charge in [0.05, 0.1) is 32.4 Å². The van der Waals surface area contributed by atoms with Gasteiger partial charge in [-0.05, 0) is 30.7 Å². The summed E-state index contributed by atoms with van der Waals surface area (Å²) in [6.45, 7) is 0.584. The number of nitrogens with one attached hydrogen (secondary N) is 1. The monoisotopic (exact) mass is 388 g/mol. The molecular formula is C20H21ClN2O4.